The van der Waals surface area contributed by atoms with Gasteiger partial charge in [0.25, 0.3) is 0 Å². The van der Waals surface area contributed by atoms with E-state index >= 15 is 0 Å². The van der Waals surface area contributed by atoms with E-state index in [1.54, 1.807) is 24.0 Å². The van der Waals surface area contributed by atoms with Crippen LogP contribution in [0.5, 0.6) is 0 Å². The number of hydrogen-bond donors (Lipinski definition) is 2. The van der Waals surface area contributed by atoms with Crippen LogP contribution in [0, 0.1) is 6.92 Å². The number of carbonyl (C=O) groups is 1. The number of esters is 1. The molecule has 0 atom stereocenters. The highest BCUT2D eigenvalue weighted by molar-refractivity contribution is 7.80. The second-order valence-corrected chi connectivity index (χ2v) is 9.53. The number of thiocarbonyl (C=S) groups is 1. The first-order valence-electron chi connectivity index (χ1n) is 10.7. The molecule has 0 aliphatic heterocycles. The Morgan fingerprint density at radius 3 is 2.68 bits per heavy atom. The number of hydrogen-bond acceptors (Lipinski definition) is 5. The van der Waals surface area contributed by atoms with Gasteiger partial charge in [0.2, 0.25) is 0 Å². The summed E-state index contributed by atoms with van der Waals surface area (Å²) >= 11 is 13.0. The fourth-order valence-corrected chi connectivity index (χ4v) is 5.12. The second kappa shape index (κ2) is 10.8. The lowest BCUT2D eigenvalue weighted by atomic mass is 10.0. The van der Waals surface area contributed by atoms with Crippen LogP contribution in [0.25, 0.3) is 11.1 Å². The Morgan fingerprint density at radius 1 is 1.18 bits per heavy atom. The fraction of sp³-hybridized carbons (Fsp3) is 0.160. The average molecular weight is 511 g/mol. The van der Waals surface area contributed by atoms with Crippen LogP contribution in [0.1, 0.15) is 27.7 Å². The van der Waals surface area contributed by atoms with Crippen molar-refractivity contribution in [1.82, 2.24) is 9.78 Å². The van der Waals surface area contributed by atoms with E-state index < -0.39 is 0 Å². The Balaban J connectivity index is 1.55. The molecular formula is C25H23ClN4O2S2. The van der Waals surface area contributed by atoms with Gasteiger partial charge in [0.1, 0.15) is 10.6 Å². The summed E-state index contributed by atoms with van der Waals surface area (Å²) in [5, 5.41) is 12.3. The molecule has 0 saturated carbocycles. The van der Waals surface area contributed by atoms with Crippen molar-refractivity contribution >= 4 is 56.9 Å². The van der Waals surface area contributed by atoms with Gasteiger partial charge in [0.05, 0.1) is 24.4 Å². The van der Waals surface area contributed by atoms with Crippen molar-refractivity contribution in [2.45, 2.75) is 20.4 Å². The van der Waals surface area contributed by atoms with Crippen LogP contribution >= 0.6 is 35.2 Å². The van der Waals surface area contributed by atoms with Gasteiger partial charge in [0.15, 0.2) is 5.11 Å². The van der Waals surface area contributed by atoms with E-state index in [2.05, 4.69) is 15.7 Å². The summed E-state index contributed by atoms with van der Waals surface area (Å²) in [6.45, 7) is 4.66. The maximum Gasteiger partial charge on any atom is 0.341 e. The first kappa shape index (κ1) is 23.9. The number of thiophene rings is 1. The zero-order valence-corrected chi connectivity index (χ0v) is 21.1. The molecule has 0 aliphatic carbocycles. The number of carbonyl (C=O) groups excluding carboxylic acids is 1. The largest absolute Gasteiger partial charge is 0.462 e. The molecule has 2 aromatic heterocycles. The summed E-state index contributed by atoms with van der Waals surface area (Å²) in [6, 6.07) is 17.7. The van der Waals surface area contributed by atoms with E-state index in [0.29, 0.717) is 33.9 Å². The molecular weight excluding hydrogens is 488 g/mol. The van der Waals surface area contributed by atoms with E-state index in [9.17, 15) is 4.79 Å². The van der Waals surface area contributed by atoms with Crippen molar-refractivity contribution < 1.29 is 9.53 Å². The number of aromatic nitrogens is 2. The van der Waals surface area contributed by atoms with Gasteiger partial charge in [0, 0.05) is 22.3 Å². The minimum absolute atomic E-state index is 0.290. The van der Waals surface area contributed by atoms with Crippen molar-refractivity contribution in [3.8, 4) is 11.1 Å². The molecule has 2 aromatic carbocycles. The smallest absolute Gasteiger partial charge is 0.341 e. The summed E-state index contributed by atoms with van der Waals surface area (Å²) in [5.41, 5.74) is 4.16. The second-order valence-electron chi connectivity index (χ2n) is 7.46. The van der Waals surface area contributed by atoms with Crippen LogP contribution in [0.3, 0.4) is 0 Å². The summed E-state index contributed by atoms with van der Waals surface area (Å²) < 4.78 is 7.13. The van der Waals surface area contributed by atoms with Crippen LogP contribution in [0.2, 0.25) is 5.02 Å². The predicted octanol–water partition coefficient (Wildman–Crippen LogP) is 6.61. The molecule has 0 radical (unpaired) electrons. The topological polar surface area (TPSA) is 68.2 Å². The molecule has 0 amide bonds. The molecule has 0 spiro atoms. The SMILES string of the molecule is CCOC(=O)c1c(NC(=S)Nc2cccc(Cn3cc(Cl)cn3)c2)sc(C)c1-c1ccccc1. The van der Waals surface area contributed by atoms with Gasteiger partial charge in [-0.15, -0.1) is 11.3 Å². The number of ether oxygens (including phenoxy) is 1. The van der Waals surface area contributed by atoms with Gasteiger partial charge in [-0.2, -0.15) is 5.10 Å². The van der Waals surface area contributed by atoms with Crippen molar-refractivity contribution in [2.24, 2.45) is 0 Å². The molecule has 4 rings (SSSR count). The molecule has 0 saturated heterocycles. The first-order chi connectivity index (χ1) is 16.4. The fourth-order valence-electron chi connectivity index (χ4n) is 3.61. The third kappa shape index (κ3) is 5.64. The number of aryl methyl sites for hydroxylation is 1. The van der Waals surface area contributed by atoms with Gasteiger partial charge < -0.3 is 15.4 Å². The molecule has 0 aliphatic rings. The molecule has 0 fully saturated rings. The molecule has 4 aromatic rings. The van der Waals surface area contributed by atoms with Crippen molar-refractivity contribution in [3.05, 3.63) is 88.0 Å². The monoisotopic (exact) mass is 510 g/mol. The number of nitrogens with one attached hydrogen (secondary N) is 2. The third-order valence-electron chi connectivity index (χ3n) is 4.98. The van der Waals surface area contributed by atoms with Gasteiger partial charge in [-0.25, -0.2) is 4.79 Å². The molecule has 0 bridgehead atoms. The lowest BCUT2D eigenvalue weighted by molar-refractivity contribution is 0.0529. The summed E-state index contributed by atoms with van der Waals surface area (Å²) in [6.07, 6.45) is 3.38. The number of halogens is 1. The highest BCUT2D eigenvalue weighted by Crippen LogP contribution is 2.40. The quantitative estimate of drug-likeness (QED) is 0.215. The maximum absolute atomic E-state index is 12.9. The van der Waals surface area contributed by atoms with Crippen molar-refractivity contribution in [2.75, 3.05) is 17.2 Å². The maximum atomic E-state index is 12.9. The molecule has 6 nitrogen and oxygen atoms in total. The van der Waals surface area contributed by atoms with Crippen LogP contribution in [0.15, 0.2) is 67.0 Å². The minimum atomic E-state index is -0.379. The van der Waals surface area contributed by atoms with Gasteiger partial charge in [-0.05, 0) is 49.3 Å². The minimum Gasteiger partial charge on any atom is -0.462 e. The normalized spacial score (nSPS) is 10.7. The van der Waals surface area contributed by atoms with E-state index in [1.807, 2.05) is 61.5 Å². The summed E-state index contributed by atoms with van der Waals surface area (Å²) in [5.74, 6) is -0.379. The highest BCUT2D eigenvalue weighted by atomic mass is 35.5. The first-order valence-corrected chi connectivity index (χ1v) is 12.3. The molecule has 174 valence electrons. The average Bonchev–Trinajstić information content (AvgIpc) is 3.36. The number of nitrogens with zero attached hydrogens (tertiary/aromatic N) is 2. The van der Waals surface area contributed by atoms with Crippen molar-refractivity contribution in [3.63, 3.8) is 0 Å². The Labute approximate surface area is 212 Å². The summed E-state index contributed by atoms with van der Waals surface area (Å²) in [7, 11) is 0. The van der Waals surface area contributed by atoms with Gasteiger partial charge in [-0.1, -0.05) is 54.1 Å². The van der Waals surface area contributed by atoms with E-state index in [4.69, 9.17) is 28.6 Å². The van der Waals surface area contributed by atoms with E-state index in [-0.39, 0.29) is 5.97 Å². The van der Waals surface area contributed by atoms with Crippen LogP contribution in [-0.2, 0) is 11.3 Å². The molecule has 0 unspecified atom stereocenters. The lowest BCUT2D eigenvalue weighted by Crippen LogP contribution is -2.20. The van der Waals surface area contributed by atoms with E-state index in [1.165, 1.54) is 11.3 Å². The standard InChI is InChI=1S/C25H23ClN4O2S2/c1-3-32-24(31)22-21(18-9-5-4-6-10-18)16(2)34-23(22)29-25(33)28-20-11-7-8-17(12-20)14-30-15-19(26)13-27-30/h4-13,15H,3,14H2,1-2H3,(H2,28,29,33). The molecule has 9 heteroatoms. The number of rotatable bonds is 7. The predicted molar refractivity (Wildman–Crippen MR) is 143 cm³/mol. The zero-order chi connectivity index (χ0) is 24.1. The van der Waals surface area contributed by atoms with Gasteiger partial charge >= 0.3 is 5.97 Å². The van der Waals surface area contributed by atoms with E-state index in [0.717, 1.165) is 27.3 Å². The molecule has 34 heavy (non-hydrogen) atoms. The summed E-state index contributed by atoms with van der Waals surface area (Å²) in [4.78, 5) is 13.9. The Hall–Kier alpha value is -3.20. The lowest BCUT2D eigenvalue weighted by Gasteiger charge is -2.13. The van der Waals surface area contributed by atoms with Crippen LogP contribution < -0.4 is 10.6 Å². The third-order valence-corrected chi connectivity index (χ3v) is 6.40. The number of benzene rings is 2. The zero-order valence-electron chi connectivity index (χ0n) is 18.7. The van der Waals surface area contributed by atoms with Crippen LogP contribution in [0.4, 0.5) is 10.7 Å². The highest BCUT2D eigenvalue weighted by Gasteiger charge is 2.25. The Bertz CT molecular complexity index is 1320. The number of anilines is 2. The van der Waals surface area contributed by atoms with Crippen molar-refractivity contribution in [1.29, 1.82) is 0 Å². The molecule has 2 heterocycles. The van der Waals surface area contributed by atoms with Crippen LogP contribution in [-0.4, -0.2) is 27.5 Å². The Kier molecular flexibility index (Phi) is 7.62. The van der Waals surface area contributed by atoms with Gasteiger partial charge in [-0.3, -0.25) is 4.68 Å². The molecule has 2 N–H and O–H groups in total. The Morgan fingerprint density at radius 2 is 1.97 bits per heavy atom.